The molecule has 0 spiro atoms. The third-order valence-corrected chi connectivity index (χ3v) is 14.8. The number of halogens is 3. The summed E-state index contributed by atoms with van der Waals surface area (Å²) in [6.07, 6.45) is 7.82. The standard InChI is InChI=1S/C30H30F2N4O3.C30H29FN4O3/c1-20-24(30(37)36-14-5-8-27(29(36)33-20)39-19-21-6-3-2-4-7-21)13-17-35-15-11-22(12-16-35)28(34-38)25-10-9-23(31)18-26(25)32;1-20-24(30(36)35-14-5-8-26(29(35)32-20)37-19-21-6-3-2-4-7-21)13-17-34-15-11-22(12-16-34)28-25-10-9-23(31)18-27(25)38-33-28/h2-10,14,18,22,38H,11-13,15-17,19H2,1H3;2-10,14,18,22H,11-13,15-17,19H2,1H3/b34-28-;. The zero-order chi connectivity index (χ0) is 53.4. The number of rotatable bonds is 15. The molecule has 0 atom stereocenters. The number of aryl methyl sites for hydroxylation is 2. The van der Waals surface area contributed by atoms with Crippen molar-refractivity contribution >= 4 is 28.0 Å². The predicted octanol–water partition coefficient (Wildman–Crippen LogP) is 10.3. The van der Waals surface area contributed by atoms with E-state index in [0.717, 1.165) is 78.1 Å². The van der Waals surface area contributed by atoms with Crippen LogP contribution in [0.1, 0.15) is 76.5 Å². The van der Waals surface area contributed by atoms with Crippen LogP contribution in [0.4, 0.5) is 13.2 Å². The van der Waals surface area contributed by atoms with Crippen LogP contribution in [0.25, 0.3) is 22.3 Å². The Bertz CT molecular complexity index is 3670. The Morgan fingerprint density at radius 2 is 1.16 bits per heavy atom. The van der Waals surface area contributed by atoms with E-state index in [1.165, 1.54) is 22.6 Å². The maximum Gasteiger partial charge on any atom is 0.261 e. The Balaban J connectivity index is 0.000000175. The van der Waals surface area contributed by atoms with Gasteiger partial charge in [-0.2, -0.15) is 0 Å². The molecule has 4 aromatic carbocycles. The number of piperidine rings is 2. The summed E-state index contributed by atoms with van der Waals surface area (Å²) in [4.78, 5) is 40.9. The molecule has 14 nitrogen and oxygen atoms in total. The van der Waals surface area contributed by atoms with Gasteiger partial charge in [-0.3, -0.25) is 18.4 Å². The van der Waals surface area contributed by atoms with Crippen LogP contribution in [0.15, 0.2) is 153 Å². The summed E-state index contributed by atoms with van der Waals surface area (Å²) in [6, 6.07) is 34.9. The summed E-state index contributed by atoms with van der Waals surface area (Å²) in [5.41, 5.74) is 7.52. The van der Waals surface area contributed by atoms with Crippen molar-refractivity contribution < 1.29 is 32.4 Å². The summed E-state index contributed by atoms with van der Waals surface area (Å²) in [5.74, 6) is -0.452. The van der Waals surface area contributed by atoms with E-state index in [1.54, 1.807) is 28.9 Å². The first-order valence-corrected chi connectivity index (χ1v) is 26.0. The van der Waals surface area contributed by atoms with Crippen LogP contribution in [0.3, 0.4) is 0 Å². The molecule has 2 aliphatic rings. The topological polar surface area (TPSA) is 152 Å². The van der Waals surface area contributed by atoms with E-state index in [4.69, 9.17) is 24.0 Å². The number of oxime groups is 1. The molecule has 1 N–H and O–H groups in total. The first-order chi connectivity index (χ1) is 37.5. The Labute approximate surface area is 442 Å². The van der Waals surface area contributed by atoms with Gasteiger partial charge in [0.25, 0.3) is 11.1 Å². The molecule has 0 unspecified atom stereocenters. The number of hydrogen-bond acceptors (Lipinski definition) is 12. The summed E-state index contributed by atoms with van der Waals surface area (Å²) in [6.45, 7) is 9.18. The normalized spacial score (nSPS) is 15.0. The van der Waals surface area contributed by atoms with Crippen LogP contribution >= 0.6 is 0 Å². The summed E-state index contributed by atoms with van der Waals surface area (Å²) >= 11 is 0. The highest BCUT2D eigenvalue weighted by atomic mass is 19.1. The zero-order valence-corrected chi connectivity index (χ0v) is 43.0. The smallest absolute Gasteiger partial charge is 0.261 e. The van der Waals surface area contributed by atoms with E-state index in [1.807, 2.05) is 92.7 Å². The molecule has 2 fully saturated rings. The van der Waals surface area contributed by atoms with Crippen LogP contribution in [-0.4, -0.2) is 83.9 Å². The number of hydrogen-bond donors (Lipinski definition) is 1. The fourth-order valence-corrected chi connectivity index (χ4v) is 10.5. The lowest BCUT2D eigenvalue weighted by Gasteiger charge is -2.32. The second-order valence-electron chi connectivity index (χ2n) is 19.7. The highest BCUT2D eigenvalue weighted by molar-refractivity contribution is 6.02. The average molecular weight is 1050 g/mol. The molecule has 11 rings (SSSR count). The molecule has 5 aromatic heterocycles. The average Bonchev–Trinajstić information content (AvgIpc) is 3.89. The second-order valence-corrected chi connectivity index (χ2v) is 19.7. The first-order valence-electron chi connectivity index (χ1n) is 26.0. The Morgan fingerprint density at radius 1 is 0.649 bits per heavy atom. The Hall–Kier alpha value is -8.15. The highest BCUT2D eigenvalue weighted by Gasteiger charge is 2.28. The number of ether oxygens (including phenoxy) is 2. The van der Waals surface area contributed by atoms with Crippen molar-refractivity contribution in [3.63, 3.8) is 0 Å². The molecule has 396 valence electrons. The number of likely N-dealkylation sites (tertiary alicyclic amines) is 2. The van der Waals surface area contributed by atoms with Crippen molar-refractivity contribution in [2.45, 2.75) is 71.5 Å². The van der Waals surface area contributed by atoms with Gasteiger partial charge in [0.1, 0.15) is 30.7 Å². The molecular weight excluding hydrogens is 986 g/mol. The fraction of sp³-hybridized carbons (Fsp3) is 0.300. The summed E-state index contributed by atoms with van der Waals surface area (Å²) in [5, 5.41) is 18.1. The first kappa shape index (κ1) is 52.3. The third-order valence-electron chi connectivity index (χ3n) is 14.8. The van der Waals surface area contributed by atoms with Crippen molar-refractivity contribution in [3.05, 3.63) is 217 Å². The van der Waals surface area contributed by atoms with Crippen LogP contribution in [0.2, 0.25) is 0 Å². The van der Waals surface area contributed by atoms with Crippen LogP contribution < -0.4 is 20.6 Å². The van der Waals surface area contributed by atoms with Gasteiger partial charge in [-0.1, -0.05) is 71.0 Å². The molecule has 0 radical (unpaired) electrons. The van der Waals surface area contributed by atoms with Gasteiger partial charge in [-0.15, -0.1) is 0 Å². The molecular formula is C60H59F3N8O6. The quantitative estimate of drug-likeness (QED) is 0.0593. The molecule has 2 aliphatic heterocycles. The SMILES string of the molecule is Cc1nc2c(OCc3ccccc3)cccn2c(=O)c1CCN1CCC(/C(=N/O)c2ccc(F)cc2F)CC1.Cc1nc2c(OCc3ccccc3)cccn2c(=O)c1CCN1CCC(c2noc3cc(F)ccc23)CC1. The van der Waals surface area contributed by atoms with Crippen molar-refractivity contribution in [2.24, 2.45) is 11.1 Å². The monoisotopic (exact) mass is 1040 g/mol. The number of nitrogens with zero attached hydrogens (tertiary/aromatic N) is 8. The Morgan fingerprint density at radius 3 is 1.68 bits per heavy atom. The summed E-state index contributed by atoms with van der Waals surface area (Å²) < 4.78 is 61.6. The van der Waals surface area contributed by atoms with Gasteiger partial charge in [0.05, 0.1) is 11.4 Å². The molecule has 9 aromatic rings. The lowest BCUT2D eigenvalue weighted by Crippen LogP contribution is -2.38. The van der Waals surface area contributed by atoms with Gasteiger partial charge in [0.15, 0.2) is 28.4 Å². The van der Waals surface area contributed by atoms with Gasteiger partial charge in [-0.25, -0.2) is 23.1 Å². The van der Waals surface area contributed by atoms with Crippen LogP contribution in [0, 0.1) is 37.2 Å². The molecule has 0 bridgehead atoms. The van der Waals surface area contributed by atoms with E-state index in [-0.39, 0.29) is 40.0 Å². The predicted molar refractivity (Wildman–Crippen MR) is 288 cm³/mol. The summed E-state index contributed by atoms with van der Waals surface area (Å²) in [7, 11) is 0. The van der Waals surface area contributed by atoms with E-state index in [0.29, 0.717) is 98.2 Å². The van der Waals surface area contributed by atoms with Gasteiger partial charge >= 0.3 is 0 Å². The zero-order valence-electron chi connectivity index (χ0n) is 43.0. The minimum absolute atomic E-state index is 0.0474. The van der Waals surface area contributed by atoms with Crippen molar-refractivity contribution in [2.75, 3.05) is 39.3 Å². The van der Waals surface area contributed by atoms with Crippen LogP contribution in [-0.2, 0) is 26.1 Å². The van der Waals surface area contributed by atoms with Gasteiger partial charge in [-0.05, 0) is 138 Å². The largest absolute Gasteiger partial charge is 0.485 e. The van der Waals surface area contributed by atoms with E-state index < -0.39 is 11.6 Å². The maximum atomic E-state index is 14.3. The number of pyridine rings is 2. The molecule has 17 heteroatoms. The molecule has 7 heterocycles. The molecule has 0 amide bonds. The second kappa shape index (κ2) is 23.8. The van der Waals surface area contributed by atoms with Crippen molar-refractivity contribution in [1.29, 1.82) is 0 Å². The fourth-order valence-electron chi connectivity index (χ4n) is 10.5. The van der Waals surface area contributed by atoms with E-state index >= 15 is 0 Å². The van der Waals surface area contributed by atoms with E-state index in [9.17, 15) is 28.0 Å². The highest BCUT2D eigenvalue weighted by Crippen LogP contribution is 2.33. The lowest BCUT2D eigenvalue weighted by molar-refractivity contribution is 0.208. The van der Waals surface area contributed by atoms with Crippen LogP contribution in [0.5, 0.6) is 11.5 Å². The van der Waals surface area contributed by atoms with Gasteiger partial charge in [0.2, 0.25) is 0 Å². The Kier molecular flexibility index (Phi) is 16.2. The number of fused-ring (bicyclic) bond motifs is 3. The third kappa shape index (κ3) is 12.0. The van der Waals surface area contributed by atoms with Crippen molar-refractivity contribution in [3.8, 4) is 11.5 Å². The molecule has 77 heavy (non-hydrogen) atoms. The molecule has 0 saturated carbocycles. The lowest BCUT2D eigenvalue weighted by atomic mass is 9.88. The minimum atomic E-state index is -0.737. The van der Waals surface area contributed by atoms with Gasteiger partial charge < -0.3 is 29.0 Å². The minimum Gasteiger partial charge on any atom is -0.485 e. The molecule has 0 aliphatic carbocycles. The number of aromatic nitrogens is 5. The van der Waals surface area contributed by atoms with Crippen molar-refractivity contribution in [1.82, 2.24) is 33.7 Å². The van der Waals surface area contributed by atoms with Gasteiger partial charge in [0, 0.05) is 82.9 Å². The number of benzene rings is 4. The molecule has 2 saturated heterocycles. The maximum absolute atomic E-state index is 14.3. The van der Waals surface area contributed by atoms with E-state index in [2.05, 4.69) is 20.1 Å².